The molecule has 0 bridgehead atoms. The first-order valence-corrected chi connectivity index (χ1v) is 7.12. The molecule has 1 saturated carbocycles. The van der Waals surface area contributed by atoms with Crippen molar-refractivity contribution in [2.24, 2.45) is 10.9 Å². The summed E-state index contributed by atoms with van der Waals surface area (Å²) in [7, 11) is 1.81. The maximum absolute atomic E-state index is 4.20. The highest BCUT2D eigenvalue weighted by Gasteiger charge is 2.20. The Kier molecular flexibility index (Phi) is 4.23. The van der Waals surface area contributed by atoms with Crippen LogP contribution in [0.5, 0.6) is 0 Å². The first kappa shape index (κ1) is 11.9. The van der Waals surface area contributed by atoms with E-state index >= 15 is 0 Å². The summed E-state index contributed by atoms with van der Waals surface area (Å²) in [6, 6.07) is 2.13. The van der Waals surface area contributed by atoms with E-state index in [-0.39, 0.29) is 0 Å². The van der Waals surface area contributed by atoms with Crippen LogP contribution in [-0.2, 0) is 6.54 Å². The molecule has 1 aliphatic carbocycles. The predicted molar refractivity (Wildman–Crippen MR) is 72.9 cm³/mol. The molecule has 0 spiro atoms. The molecule has 88 valence electrons. The smallest absolute Gasteiger partial charge is 0.191 e. The zero-order valence-corrected chi connectivity index (χ0v) is 11.7. The van der Waals surface area contributed by atoms with Gasteiger partial charge in [0.15, 0.2) is 5.96 Å². The molecule has 0 amide bonds. The van der Waals surface area contributed by atoms with Gasteiger partial charge in [0, 0.05) is 20.1 Å². The maximum Gasteiger partial charge on any atom is 0.191 e. The first-order valence-electron chi connectivity index (χ1n) is 5.45. The normalized spacial score (nSPS) is 16.2. The Labute approximate surface area is 108 Å². The summed E-state index contributed by atoms with van der Waals surface area (Å²) in [5, 5.41) is 8.79. The lowest BCUT2D eigenvalue weighted by molar-refractivity contribution is 0.738. The van der Waals surface area contributed by atoms with Crippen molar-refractivity contribution >= 4 is 33.2 Å². The molecule has 0 aliphatic heterocycles. The summed E-state index contributed by atoms with van der Waals surface area (Å²) in [5.74, 6) is 1.77. The average molecular weight is 302 g/mol. The Bertz CT molecular complexity index is 371. The molecule has 0 radical (unpaired) electrons. The molecule has 16 heavy (non-hydrogen) atoms. The first-order chi connectivity index (χ1) is 7.78. The van der Waals surface area contributed by atoms with Crippen LogP contribution in [0.25, 0.3) is 0 Å². The molecule has 3 nitrogen and oxygen atoms in total. The lowest BCUT2D eigenvalue weighted by Crippen LogP contribution is -2.37. The van der Waals surface area contributed by atoms with Crippen molar-refractivity contribution in [2.45, 2.75) is 19.4 Å². The van der Waals surface area contributed by atoms with Crippen molar-refractivity contribution in [3.63, 3.8) is 0 Å². The minimum absolute atomic E-state index is 0.826. The van der Waals surface area contributed by atoms with Crippen molar-refractivity contribution in [1.82, 2.24) is 10.6 Å². The second-order valence-corrected chi connectivity index (χ2v) is 6.30. The van der Waals surface area contributed by atoms with Crippen LogP contribution in [-0.4, -0.2) is 19.6 Å². The van der Waals surface area contributed by atoms with Crippen LogP contribution in [0.3, 0.4) is 0 Å². The van der Waals surface area contributed by atoms with Gasteiger partial charge >= 0.3 is 0 Å². The molecule has 2 N–H and O–H groups in total. The van der Waals surface area contributed by atoms with Gasteiger partial charge in [-0.25, -0.2) is 0 Å². The van der Waals surface area contributed by atoms with Crippen LogP contribution in [0.4, 0.5) is 0 Å². The van der Waals surface area contributed by atoms with E-state index in [2.05, 4.69) is 43.0 Å². The van der Waals surface area contributed by atoms with E-state index in [1.165, 1.54) is 22.2 Å². The van der Waals surface area contributed by atoms with Gasteiger partial charge in [-0.3, -0.25) is 4.99 Å². The van der Waals surface area contributed by atoms with Crippen molar-refractivity contribution in [3.8, 4) is 0 Å². The van der Waals surface area contributed by atoms with Gasteiger partial charge in [-0.05, 0) is 51.7 Å². The Hall–Kier alpha value is -0.550. The average Bonchev–Trinajstić information content (AvgIpc) is 3.02. The minimum atomic E-state index is 0.826. The second-order valence-electron chi connectivity index (χ2n) is 4.01. The van der Waals surface area contributed by atoms with E-state index in [4.69, 9.17) is 0 Å². The zero-order valence-electron chi connectivity index (χ0n) is 9.29. The maximum atomic E-state index is 4.20. The Morgan fingerprint density at radius 1 is 1.56 bits per heavy atom. The van der Waals surface area contributed by atoms with Crippen molar-refractivity contribution in [1.29, 1.82) is 0 Å². The number of rotatable bonds is 4. The molecule has 0 unspecified atom stereocenters. The highest BCUT2D eigenvalue weighted by atomic mass is 79.9. The van der Waals surface area contributed by atoms with E-state index in [0.717, 1.165) is 25.0 Å². The van der Waals surface area contributed by atoms with E-state index < -0.39 is 0 Å². The summed E-state index contributed by atoms with van der Waals surface area (Å²) in [5.41, 5.74) is 1.28. The van der Waals surface area contributed by atoms with Crippen molar-refractivity contribution < 1.29 is 0 Å². The third kappa shape index (κ3) is 3.79. The van der Waals surface area contributed by atoms with Crippen LogP contribution in [0, 0.1) is 5.92 Å². The number of thiophene rings is 1. The zero-order chi connectivity index (χ0) is 11.4. The molecule has 1 heterocycles. The van der Waals surface area contributed by atoms with Gasteiger partial charge in [0.1, 0.15) is 0 Å². The predicted octanol–water partition coefficient (Wildman–Crippen LogP) is 2.59. The molecule has 0 atom stereocenters. The standard InChI is InChI=1S/C11H16BrN3S/c1-13-11(14-5-8-2-3-8)15-6-9-4-10(12)16-7-9/h4,7-8H,2-3,5-6H2,1H3,(H2,13,14,15). The number of aliphatic imine (C=N–C) groups is 1. The van der Waals surface area contributed by atoms with Crippen LogP contribution < -0.4 is 10.6 Å². The monoisotopic (exact) mass is 301 g/mol. The van der Waals surface area contributed by atoms with E-state index in [1.54, 1.807) is 11.3 Å². The van der Waals surface area contributed by atoms with E-state index in [9.17, 15) is 0 Å². The van der Waals surface area contributed by atoms with Gasteiger partial charge in [-0.2, -0.15) is 0 Å². The summed E-state index contributed by atoms with van der Waals surface area (Å²) in [4.78, 5) is 4.20. The molecule has 5 heteroatoms. The summed E-state index contributed by atoms with van der Waals surface area (Å²) in [6.07, 6.45) is 2.73. The van der Waals surface area contributed by atoms with Crippen molar-refractivity contribution in [2.75, 3.05) is 13.6 Å². The second kappa shape index (κ2) is 5.68. The summed E-state index contributed by atoms with van der Waals surface area (Å²) < 4.78 is 1.17. The fourth-order valence-electron chi connectivity index (χ4n) is 1.41. The van der Waals surface area contributed by atoms with Gasteiger partial charge < -0.3 is 10.6 Å². The Balaban J connectivity index is 1.73. The van der Waals surface area contributed by atoms with Crippen molar-refractivity contribution in [3.05, 3.63) is 20.8 Å². The van der Waals surface area contributed by atoms with Gasteiger partial charge in [-0.15, -0.1) is 11.3 Å². The SMILES string of the molecule is CN=C(NCc1csc(Br)c1)NCC1CC1. The van der Waals surface area contributed by atoms with E-state index in [1.807, 2.05) is 7.05 Å². The van der Waals surface area contributed by atoms with Crippen LogP contribution in [0.15, 0.2) is 20.2 Å². The van der Waals surface area contributed by atoms with Gasteiger partial charge in [0.2, 0.25) is 0 Å². The molecular weight excluding hydrogens is 286 g/mol. The summed E-state index contributed by atoms with van der Waals surface area (Å²) in [6.45, 7) is 1.87. The molecule has 1 aromatic heterocycles. The quantitative estimate of drug-likeness (QED) is 0.662. The van der Waals surface area contributed by atoms with Crippen LogP contribution in [0.1, 0.15) is 18.4 Å². The molecule has 1 aromatic rings. The highest BCUT2D eigenvalue weighted by molar-refractivity contribution is 9.11. The third-order valence-electron chi connectivity index (χ3n) is 2.56. The molecule has 0 aromatic carbocycles. The highest BCUT2D eigenvalue weighted by Crippen LogP contribution is 2.27. The topological polar surface area (TPSA) is 36.4 Å². The number of guanidine groups is 1. The number of hydrogen-bond acceptors (Lipinski definition) is 2. The fraction of sp³-hybridized carbons (Fsp3) is 0.545. The van der Waals surface area contributed by atoms with Crippen LogP contribution >= 0.6 is 27.3 Å². The molecule has 1 aliphatic rings. The third-order valence-corrected chi connectivity index (χ3v) is 4.11. The number of halogens is 1. The Morgan fingerprint density at radius 2 is 2.38 bits per heavy atom. The summed E-state index contributed by atoms with van der Waals surface area (Å²) >= 11 is 5.17. The van der Waals surface area contributed by atoms with Gasteiger partial charge in [0.05, 0.1) is 3.79 Å². The van der Waals surface area contributed by atoms with Gasteiger partial charge in [-0.1, -0.05) is 0 Å². The number of nitrogens with one attached hydrogen (secondary N) is 2. The number of hydrogen-bond donors (Lipinski definition) is 2. The van der Waals surface area contributed by atoms with E-state index in [0.29, 0.717) is 0 Å². The molecule has 1 fully saturated rings. The van der Waals surface area contributed by atoms with Crippen LogP contribution in [0.2, 0.25) is 0 Å². The Morgan fingerprint density at radius 3 is 2.94 bits per heavy atom. The lowest BCUT2D eigenvalue weighted by atomic mass is 10.3. The molecule has 2 rings (SSSR count). The lowest BCUT2D eigenvalue weighted by Gasteiger charge is -2.10. The molecular formula is C11H16BrN3S. The molecule has 0 saturated heterocycles. The number of nitrogens with zero attached hydrogens (tertiary/aromatic N) is 1. The van der Waals surface area contributed by atoms with Gasteiger partial charge in [0.25, 0.3) is 0 Å². The largest absolute Gasteiger partial charge is 0.356 e. The minimum Gasteiger partial charge on any atom is -0.356 e. The fourth-order valence-corrected chi connectivity index (χ4v) is 2.62.